The minimum absolute atomic E-state index is 0.0717. The third-order valence-corrected chi connectivity index (χ3v) is 7.21. The second-order valence-corrected chi connectivity index (χ2v) is 8.36. The van der Waals surface area contributed by atoms with E-state index in [1.54, 1.807) is 0 Å². The third-order valence-electron chi connectivity index (χ3n) is 7.21. The summed E-state index contributed by atoms with van der Waals surface area (Å²) in [5, 5.41) is 15.5. The van der Waals surface area contributed by atoms with Gasteiger partial charge in [-0.05, 0) is 42.0 Å². The molecule has 2 fully saturated rings. The van der Waals surface area contributed by atoms with Gasteiger partial charge in [0.2, 0.25) is 0 Å². The number of fused-ring (bicyclic) bond motifs is 1. The van der Waals surface area contributed by atoms with E-state index in [1.165, 1.54) is 11.1 Å². The van der Waals surface area contributed by atoms with Crippen LogP contribution in [0.4, 0.5) is 0 Å². The van der Waals surface area contributed by atoms with Gasteiger partial charge in [-0.25, -0.2) is 0 Å². The SMILES string of the molecule is O[C@@]1(c2ccccc2)CCC(c2ccccc2)(c2ccccc2)[C@H]2CNC[C@H]21. The van der Waals surface area contributed by atoms with Crippen LogP contribution in [0.2, 0.25) is 0 Å². The van der Waals surface area contributed by atoms with Gasteiger partial charge in [0.05, 0.1) is 5.60 Å². The Hall–Kier alpha value is -2.42. The van der Waals surface area contributed by atoms with Gasteiger partial charge in [0.1, 0.15) is 0 Å². The van der Waals surface area contributed by atoms with Crippen LogP contribution < -0.4 is 5.32 Å². The van der Waals surface area contributed by atoms with Crippen LogP contribution in [0.5, 0.6) is 0 Å². The summed E-state index contributed by atoms with van der Waals surface area (Å²) in [5.74, 6) is 0.528. The van der Waals surface area contributed by atoms with Gasteiger partial charge >= 0.3 is 0 Å². The Morgan fingerprint density at radius 1 is 0.607 bits per heavy atom. The zero-order valence-corrected chi connectivity index (χ0v) is 16.1. The molecule has 2 nitrogen and oxygen atoms in total. The molecule has 2 heteroatoms. The topological polar surface area (TPSA) is 32.3 Å². The van der Waals surface area contributed by atoms with Crippen molar-refractivity contribution < 1.29 is 5.11 Å². The van der Waals surface area contributed by atoms with E-state index < -0.39 is 5.60 Å². The molecule has 1 aliphatic carbocycles. The van der Waals surface area contributed by atoms with E-state index in [-0.39, 0.29) is 11.3 Å². The molecule has 142 valence electrons. The Kier molecular flexibility index (Phi) is 4.34. The van der Waals surface area contributed by atoms with Crippen LogP contribution >= 0.6 is 0 Å². The van der Waals surface area contributed by atoms with Crippen molar-refractivity contribution in [3.8, 4) is 0 Å². The van der Waals surface area contributed by atoms with E-state index in [0.29, 0.717) is 5.92 Å². The molecule has 2 aliphatic rings. The van der Waals surface area contributed by atoms with Crippen LogP contribution in [0.3, 0.4) is 0 Å². The molecule has 0 unspecified atom stereocenters. The molecule has 1 heterocycles. The summed E-state index contributed by atoms with van der Waals surface area (Å²) in [5.41, 5.74) is 2.95. The van der Waals surface area contributed by atoms with E-state index in [9.17, 15) is 5.11 Å². The molecule has 0 aromatic heterocycles. The first-order valence-electron chi connectivity index (χ1n) is 10.3. The summed E-state index contributed by atoms with van der Waals surface area (Å²) in [6.07, 6.45) is 1.71. The Morgan fingerprint density at radius 2 is 1.07 bits per heavy atom. The highest BCUT2D eigenvalue weighted by atomic mass is 16.3. The lowest BCUT2D eigenvalue weighted by Gasteiger charge is -2.53. The van der Waals surface area contributed by atoms with Gasteiger partial charge in [-0.3, -0.25) is 0 Å². The van der Waals surface area contributed by atoms with Crippen molar-refractivity contribution in [2.24, 2.45) is 11.8 Å². The second-order valence-electron chi connectivity index (χ2n) is 8.36. The number of rotatable bonds is 3. The fourth-order valence-electron chi connectivity index (χ4n) is 5.90. The van der Waals surface area contributed by atoms with Crippen molar-refractivity contribution in [2.45, 2.75) is 23.9 Å². The van der Waals surface area contributed by atoms with Crippen molar-refractivity contribution >= 4 is 0 Å². The number of hydrogen-bond donors (Lipinski definition) is 2. The molecular formula is C26H27NO. The van der Waals surface area contributed by atoms with Crippen molar-refractivity contribution in [1.29, 1.82) is 0 Å². The van der Waals surface area contributed by atoms with Crippen LogP contribution in [0, 0.1) is 11.8 Å². The van der Waals surface area contributed by atoms with Crippen LogP contribution in [-0.4, -0.2) is 18.2 Å². The molecule has 1 saturated heterocycles. The van der Waals surface area contributed by atoms with Gasteiger partial charge in [0, 0.05) is 17.9 Å². The van der Waals surface area contributed by atoms with Crippen molar-refractivity contribution in [1.82, 2.24) is 5.32 Å². The summed E-state index contributed by atoms with van der Waals surface area (Å²) in [4.78, 5) is 0. The number of nitrogens with one attached hydrogen (secondary N) is 1. The average Bonchev–Trinajstić information content (AvgIpc) is 3.28. The molecule has 28 heavy (non-hydrogen) atoms. The first-order valence-corrected chi connectivity index (χ1v) is 10.3. The molecule has 3 aromatic rings. The van der Waals surface area contributed by atoms with Crippen molar-refractivity contribution in [3.63, 3.8) is 0 Å². The average molecular weight is 370 g/mol. The minimum Gasteiger partial charge on any atom is -0.385 e. The summed E-state index contributed by atoms with van der Waals surface area (Å²) in [7, 11) is 0. The Morgan fingerprint density at radius 3 is 1.61 bits per heavy atom. The molecule has 0 radical (unpaired) electrons. The molecule has 0 amide bonds. The Balaban J connectivity index is 1.67. The smallest absolute Gasteiger partial charge is 0.0940 e. The predicted octanol–water partition coefficient (Wildman–Crippen LogP) is 4.49. The summed E-state index contributed by atoms with van der Waals surface area (Å²) in [6.45, 7) is 1.79. The van der Waals surface area contributed by atoms with E-state index >= 15 is 0 Å². The molecule has 0 spiro atoms. The standard InChI is InChI=1S/C26H27NO/c28-26(22-14-8-3-9-15-22)17-16-25(20-10-4-1-5-11-20,21-12-6-2-7-13-21)23-18-27-19-24(23)26/h1-15,23-24,27-28H,16-19H2/t23-,24+,26+/m0/s1. The summed E-state index contributed by atoms with van der Waals surface area (Å²) >= 11 is 0. The highest BCUT2D eigenvalue weighted by Gasteiger charge is 2.58. The van der Waals surface area contributed by atoms with Gasteiger partial charge in [0.15, 0.2) is 0 Å². The molecule has 3 atom stereocenters. The number of benzene rings is 3. The lowest BCUT2D eigenvalue weighted by Crippen LogP contribution is -2.53. The Labute approximate surface area is 167 Å². The largest absolute Gasteiger partial charge is 0.385 e. The fourth-order valence-corrected chi connectivity index (χ4v) is 5.90. The van der Waals surface area contributed by atoms with Crippen LogP contribution in [0.1, 0.15) is 29.5 Å². The highest BCUT2D eigenvalue weighted by molar-refractivity contribution is 5.44. The van der Waals surface area contributed by atoms with Gasteiger partial charge in [0.25, 0.3) is 0 Å². The lowest BCUT2D eigenvalue weighted by molar-refractivity contribution is -0.0834. The minimum atomic E-state index is -0.775. The van der Waals surface area contributed by atoms with E-state index in [4.69, 9.17) is 0 Å². The van der Waals surface area contributed by atoms with E-state index in [0.717, 1.165) is 31.5 Å². The quantitative estimate of drug-likeness (QED) is 0.713. The summed E-state index contributed by atoms with van der Waals surface area (Å²) in [6, 6.07) is 32.2. The first kappa shape index (κ1) is 17.7. The monoisotopic (exact) mass is 369 g/mol. The molecule has 1 aliphatic heterocycles. The Bertz CT molecular complexity index is 885. The fraction of sp³-hybridized carbons (Fsp3) is 0.308. The summed E-state index contributed by atoms with van der Waals surface area (Å²) < 4.78 is 0. The van der Waals surface area contributed by atoms with Crippen LogP contribution in [0.15, 0.2) is 91.0 Å². The van der Waals surface area contributed by atoms with Gasteiger partial charge in [-0.15, -0.1) is 0 Å². The van der Waals surface area contributed by atoms with Crippen molar-refractivity contribution in [2.75, 3.05) is 13.1 Å². The van der Waals surface area contributed by atoms with Gasteiger partial charge in [-0.1, -0.05) is 91.0 Å². The van der Waals surface area contributed by atoms with Crippen LogP contribution in [0.25, 0.3) is 0 Å². The van der Waals surface area contributed by atoms with Crippen LogP contribution in [-0.2, 0) is 11.0 Å². The zero-order chi connectivity index (χ0) is 19.0. The third kappa shape index (κ3) is 2.56. The number of hydrogen-bond acceptors (Lipinski definition) is 2. The second kappa shape index (κ2) is 6.88. The normalized spacial score (nSPS) is 28.6. The molecule has 0 bridgehead atoms. The first-order chi connectivity index (χ1) is 13.7. The maximum atomic E-state index is 11.9. The molecular weight excluding hydrogens is 342 g/mol. The van der Waals surface area contributed by atoms with Gasteiger partial charge in [-0.2, -0.15) is 0 Å². The lowest BCUT2D eigenvalue weighted by atomic mass is 9.52. The molecule has 5 rings (SSSR count). The molecule has 1 saturated carbocycles. The van der Waals surface area contributed by atoms with E-state index in [2.05, 4.69) is 78.1 Å². The van der Waals surface area contributed by atoms with E-state index in [1.807, 2.05) is 18.2 Å². The predicted molar refractivity (Wildman–Crippen MR) is 113 cm³/mol. The maximum absolute atomic E-state index is 11.9. The molecule has 3 aromatic carbocycles. The maximum Gasteiger partial charge on any atom is 0.0940 e. The highest BCUT2D eigenvalue weighted by Crippen LogP contribution is 2.57. The molecule has 2 N–H and O–H groups in total. The zero-order valence-electron chi connectivity index (χ0n) is 16.1. The van der Waals surface area contributed by atoms with Crippen molar-refractivity contribution in [3.05, 3.63) is 108 Å². The number of aliphatic hydroxyl groups is 1. The van der Waals surface area contributed by atoms with Gasteiger partial charge < -0.3 is 10.4 Å².